The lowest BCUT2D eigenvalue weighted by Gasteiger charge is -1.95. The molecule has 0 radical (unpaired) electrons. The molecule has 2 aromatic heterocycles. The van der Waals surface area contributed by atoms with E-state index in [0.717, 1.165) is 21.0 Å². The minimum atomic E-state index is 1.03. The zero-order chi connectivity index (χ0) is 8.72. The molecule has 0 amide bonds. The molecule has 12 heavy (non-hydrogen) atoms. The molecule has 0 aliphatic rings. The number of hydrogen-bond donors (Lipinski definition) is 0. The van der Waals surface area contributed by atoms with Gasteiger partial charge in [-0.2, -0.15) is 0 Å². The third-order valence-corrected chi connectivity index (χ3v) is 2.82. The lowest BCUT2D eigenvalue weighted by Crippen LogP contribution is -1.85. The summed E-state index contributed by atoms with van der Waals surface area (Å²) in [7, 11) is 0. The Kier molecular flexibility index (Phi) is 1.61. The van der Waals surface area contributed by atoms with E-state index >= 15 is 0 Å². The quantitative estimate of drug-likeness (QED) is 0.619. The number of fused-ring (bicyclic) bond motifs is 1. The highest BCUT2D eigenvalue weighted by atomic mass is 32.1. The largest absolute Gasteiger partial charge is 0.240 e. The van der Waals surface area contributed by atoms with Gasteiger partial charge in [0.25, 0.3) is 0 Å². The van der Waals surface area contributed by atoms with Gasteiger partial charge >= 0.3 is 0 Å². The van der Waals surface area contributed by atoms with E-state index < -0.39 is 0 Å². The number of hydrogen-bond acceptors (Lipinski definition) is 3. The van der Waals surface area contributed by atoms with Crippen molar-refractivity contribution >= 4 is 21.7 Å². The van der Waals surface area contributed by atoms with Crippen LogP contribution in [0.4, 0.5) is 0 Å². The summed E-state index contributed by atoms with van der Waals surface area (Å²) in [4.78, 5) is 9.87. The molecule has 0 N–H and O–H groups in total. The van der Waals surface area contributed by atoms with Crippen molar-refractivity contribution in [3.05, 3.63) is 22.3 Å². The zero-order valence-corrected chi connectivity index (χ0v) is 8.20. The summed E-state index contributed by atoms with van der Waals surface area (Å²) in [6, 6.07) is 2.10. The van der Waals surface area contributed by atoms with Crippen LogP contribution < -0.4 is 0 Å². The SMILES string of the molecule is Cc1nc2cc(C)c(C)nc2s1. The van der Waals surface area contributed by atoms with Crippen LogP contribution in [-0.2, 0) is 0 Å². The van der Waals surface area contributed by atoms with Gasteiger partial charge in [-0.3, -0.25) is 0 Å². The second-order valence-corrected chi connectivity index (χ2v) is 4.13. The summed E-state index contributed by atoms with van der Waals surface area (Å²) in [6.07, 6.45) is 0. The van der Waals surface area contributed by atoms with Crippen LogP contribution in [0.2, 0.25) is 0 Å². The van der Waals surface area contributed by atoms with Crippen molar-refractivity contribution in [1.82, 2.24) is 9.97 Å². The van der Waals surface area contributed by atoms with Gasteiger partial charge in [0.2, 0.25) is 0 Å². The Bertz CT molecular complexity index is 392. The van der Waals surface area contributed by atoms with Gasteiger partial charge in [-0.15, -0.1) is 0 Å². The van der Waals surface area contributed by atoms with Gasteiger partial charge < -0.3 is 0 Å². The second kappa shape index (κ2) is 2.52. The molecule has 0 spiro atoms. The number of pyridine rings is 1. The first-order valence-corrected chi connectivity index (χ1v) is 4.70. The minimum absolute atomic E-state index is 1.03. The van der Waals surface area contributed by atoms with Crippen LogP contribution in [0.15, 0.2) is 6.07 Å². The molecule has 0 fully saturated rings. The molecule has 0 aliphatic heterocycles. The Morgan fingerprint density at radius 3 is 2.67 bits per heavy atom. The van der Waals surface area contributed by atoms with Crippen LogP contribution in [0.3, 0.4) is 0 Å². The molecule has 0 bridgehead atoms. The first kappa shape index (κ1) is 7.68. The molecule has 2 nitrogen and oxygen atoms in total. The molecular formula is C9H10N2S. The highest BCUT2D eigenvalue weighted by Crippen LogP contribution is 2.21. The number of rotatable bonds is 0. The predicted molar refractivity (Wildman–Crippen MR) is 51.6 cm³/mol. The highest BCUT2D eigenvalue weighted by Gasteiger charge is 2.03. The summed E-state index contributed by atoms with van der Waals surface area (Å²) >= 11 is 1.65. The fourth-order valence-corrected chi connectivity index (χ4v) is 1.97. The molecule has 0 saturated heterocycles. The van der Waals surface area contributed by atoms with Gasteiger partial charge in [-0.05, 0) is 32.4 Å². The number of aromatic nitrogens is 2. The maximum atomic E-state index is 4.45. The number of aryl methyl sites for hydroxylation is 3. The first-order chi connectivity index (χ1) is 5.66. The van der Waals surface area contributed by atoms with Crippen molar-refractivity contribution in [3.63, 3.8) is 0 Å². The Hall–Kier alpha value is -0.960. The van der Waals surface area contributed by atoms with Crippen LogP contribution in [0.5, 0.6) is 0 Å². The van der Waals surface area contributed by atoms with E-state index in [1.807, 2.05) is 13.8 Å². The molecule has 0 atom stereocenters. The first-order valence-electron chi connectivity index (χ1n) is 3.88. The topological polar surface area (TPSA) is 25.8 Å². The number of thiazole rings is 1. The Balaban J connectivity index is 2.83. The fraction of sp³-hybridized carbons (Fsp3) is 0.333. The van der Waals surface area contributed by atoms with Crippen LogP contribution in [0.1, 0.15) is 16.3 Å². The zero-order valence-electron chi connectivity index (χ0n) is 7.38. The van der Waals surface area contributed by atoms with Gasteiger partial charge in [-0.25, -0.2) is 9.97 Å². The third-order valence-electron chi connectivity index (χ3n) is 1.93. The molecule has 2 rings (SSSR count). The number of nitrogens with zero attached hydrogens (tertiary/aromatic N) is 2. The van der Waals surface area contributed by atoms with Crippen molar-refractivity contribution in [2.75, 3.05) is 0 Å². The molecule has 0 unspecified atom stereocenters. The Morgan fingerprint density at radius 2 is 1.92 bits per heavy atom. The smallest absolute Gasteiger partial charge is 0.143 e. The highest BCUT2D eigenvalue weighted by molar-refractivity contribution is 7.18. The van der Waals surface area contributed by atoms with E-state index in [1.165, 1.54) is 5.56 Å². The van der Waals surface area contributed by atoms with Gasteiger partial charge in [-0.1, -0.05) is 11.3 Å². The molecule has 0 saturated carbocycles. The van der Waals surface area contributed by atoms with Crippen molar-refractivity contribution in [2.45, 2.75) is 20.8 Å². The van der Waals surface area contributed by atoms with E-state index in [9.17, 15) is 0 Å². The summed E-state index contributed by atoms with van der Waals surface area (Å²) in [5.41, 5.74) is 3.35. The molecule has 0 aromatic carbocycles. The monoisotopic (exact) mass is 178 g/mol. The van der Waals surface area contributed by atoms with Crippen molar-refractivity contribution < 1.29 is 0 Å². The Labute approximate surface area is 75.3 Å². The second-order valence-electron chi connectivity index (χ2n) is 2.95. The Morgan fingerprint density at radius 1 is 1.17 bits per heavy atom. The lowest BCUT2D eigenvalue weighted by atomic mass is 10.2. The molecule has 0 aliphatic carbocycles. The molecule has 2 heterocycles. The van der Waals surface area contributed by atoms with Crippen LogP contribution in [-0.4, -0.2) is 9.97 Å². The van der Waals surface area contributed by atoms with Crippen LogP contribution in [0, 0.1) is 20.8 Å². The third kappa shape index (κ3) is 1.10. The van der Waals surface area contributed by atoms with Crippen LogP contribution >= 0.6 is 11.3 Å². The predicted octanol–water partition coefficient (Wildman–Crippen LogP) is 2.62. The molecular weight excluding hydrogens is 168 g/mol. The molecule has 3 heteroatoms. The van der Waals surface area contributed by atoms with Gasteiger partial charge in [0, 0.05) is 5.69 Å². The molecule has 2 aromatic rings. The van der Waals surface area contributed by atoms with E-state index in [0.29, 0.717) is 0 Å². The average Bonchev–Trinajstić information content (AvgIpc) is 2.30. The maximum absolute atomic E-state index is 4.45. The summed E-state index contributed by atoms with van der Waals surface area (Å²) < 4.78 is 0. The fourth-order valence-electron chi connectivity index (χ4n) is 1.16. The summed E-state index contributed by atoms with van der Waals surface area (Å²) in [5, 5.41) is 1.09. The minimum Gasteiger partial charge on any atom is -0.240 e. The summed E-state index contributed by atoms with van der Waals surface area (Å²) in [6.45, 7) is 6.11. The van der Waals surface area contributed by atoms with Gasteiger partial charge in [0.1, 0.15) is 10.3 Å². The van der Waals surface area contributed by atoms with E-state index in [-0.39, 0.29) is 0 Å². The van der Waals surface area contributed by atoms with Gasteiger partial charge in [0.15, 0.2) is 0 Å². The lowest BCUT2D eigenvalue weighted by molar-refractivity contribution is 1.20. The summed E-state index contributed by atoms with van der Waals surface area (Å²) in [5.74, 6) is 0. The van der Waals surface area contributed by atoms with Crippen molar-refractivity contribution in [2.24, 2.45) is 0 Å². The normalized spacial score (nSPS) is 10.9. The van der Waals surface area contributed by atoms with E-state index in [4.69, 9.17) is 0 Å². The van der Waals surface area contributed by atoms with E-state index in [2.05, 4.69) is 23.0 Å². The maximum Gasteiger partial charge on any atom is 0.143 e. The van der Waals surface area contributed by atoms with Crippen LogP contribution in [0.25, 0.3) is 10.3 Å². The standard InChI is InChI=1S/C9H10N2S/c1-5-4-8-9(10-6(5)2)12-7(3)11-8/h4H,1-3H3. The van der Waals surface area contributed by atoms with Crippen molar-refractivity contribution in [3.8, 4) is 0 Å². The van der Waals surface area contributed by atoms with Crippen molar-refractivity contribution in [1.29, 1.82) is 0 Å². The molecule has 62 valence electrons. The van der Waals surface area contributed by atoms with E-state index in [1.54, 1.807) is 11.3 Å². The van der Waals surface area contributed by atoms with Gasteiger partial charge in [0.05, 0.1) is 5.01 Å². The average molecular weight is 178 g/mol.